The van der Waals surface area contributed by atoms with E-state index in [1.165, 1.54) is 17.7 Å². The van der Waals surface area contributed by atoms with Crippen molar-refractivity contribution in [2.24, 2.45) is 5.92 Å². The largest absolute Gasteiger partial charge is 0.382 e. The van der Waals surface area contributed by atoms with Gasteiger partial charge in [0.15, 0.2) is 0 Å². The highest BCUT2D eigenvalue weighted by atomic mass is 16.2. The zero-order valence-electron chi connectivity index (χ0n) is 13.3. The summed E-state index contributed by atoms with van der Waals surface area (Å²) in [7, 11) is 3.47. The quantitative estimate of drug-likeness (QED) is 0.830. The molecule has 1 aromatic heterocycles. The Morgan fingerprint density at radius 3 is 2.60 bits per heavy atom. The lowest BCUT2D eigenvalue weighted by atomic mass is 10.0. The van der Waals surface area contributed by atoms with Gasteiger partial charge in [-0.25, -0.2) is 0 Å². The van der Waals surface area contributed by atoms with E-state index in [0.29, 0.717) is 11.7 Å². The number of nitrogens with zero attached hydrogens (tertiary/aromatic N) is 2. The van der Waals surface area contributed by atoms with Gasteiger partial charge in [0.05, 0.1) is 0 Å². The number of hydrogen-bond acceptors (Lipinski definition) is 3. The maximum Gasteiger partial charge on any atom is 0.272 e. The molecule has 1 aromatic rings. The van der Waals surface area contributed by atoms with Gasteiger partial charge in [-0.3, -0.25) is 9.78 Å². The van der Waals surface area contributed by atoms with Gasteiger partial charge in [0.2, 0.25) is 0 Å². The van der Waals surface area contributed by atoms with Gasteiger partial charge in [0, 0.05) is 32.0 Å². The average molecular weight is 277 g/mol. The molecule has 20 heavy (non-hydrogen) atoms. The number of aromatic nitrogens is 1. The summed E-state index contributed by atoms with van der Waals surface area (Å²) in [6, 6.07) is 4.13. The Bertz CT molecular complexity index is 429. The van der Waals surface area contributed by atoms with Crippen LogP contribution in [0.1, 0.15) is 50.5 Å². The minimum atomic E-state index is -0.0684. The van der Waals surface area contributed by atoms with E-state index in [2.05, 4.69) is 31.1 Å². The highest BCUT2D eigenvalue weighted by molar-refractivity contribution is 5.92. The molecule has 112 valence electrons. The average Bonchev–Trinajstić information content (AvgIpc) is 2.37. The summed E-state index contributed by atoms with van der Waals surface area (Å²) in [5.74, 6) is 0.688. The first-order valence-corrected chi connectivity index (χ1v) is 7.34. The summed E-state index contributed by atoms with van der Waals surface area (Å²) in [5, 5.41) is 3.44. The van der Waals surface area contributed by atoms with Gasteiger partial charge in [-0.15, -0.1) is 0 Å². The van der Waals surface area contributed by atoms with Crippen LogP contribution in [0.15, 0.2) is 18.3 Å². The van der Waals surface area contributed by atoms with Gasteiger partial charge in [0.25, 0.3) is 5.91 Å². The second kappa shape index (κ2) is 7.88. The van der Waals surface area contributed by atoms with Crippen molar-refractivity contribution in [3.05, 3.63) is 24.0 Å². The highest BCUT2D eigenvalue weighted by Crippen LogP contribution is 2.14. The van der Waals surface area contributed by atoms with Crippen LogP contribution in [0.3, 0.4) is 0 Å². The molecule has 4 nitrogen and oxygen atoms in total. The zero-order chi connectivity index (χ0) is 15.1. The number of anilines is 1. The van der Waals surface area contributed by atoms with Crippen LogP contribution < -0.4 is 5.32 Å². The molecule has 0 radical (unpaired) electrons. The van der Waals surface area contributed by atoms with Gasteiger partial charge in [-0.2, -0.15) is 0 Å². The van der Waals surface area contributed by atoms with Crippen LogP contribution in [0.25, 0.3) is 0 Å². The van der Waals surface area contributed by atoms with E-state index in [4.69, 9.17) is 0 Å². The molecule has 0 aliphatic carbocycles. The first-order valence-electron chi connectivity index (χ1n) is 7.34. The fourth-order valence-electron chi connectivity index (χ4n) is 2.06. The van der Waals surface area contributed by atoms with Crippen LogP contribution in [0.5, 0.6) is 0 Å². The molecule has 0 bridgehead atoms. The molecular weight excluding hydrogens is 250 g/mol. The Hall–Kier alpha value is -1.58. The Kier molecular flexibility index (Phi) is 6.49. The molecule has 0 aliphatic heterocycles. The molecule has 1 atom stereocenters. The van der Waals surface area contributed by atoms with Gasteiger partial charge >= 0.3 is 0 Å². The smallest absolute Gasteiger partial charge is 0.272 e. The van der Waals surface area contributed by atoms with Crippen LogP contribution in [0, 0.1) is 5.92 Å². The fraction of sp³-hybridized carbons (Fsp3) is 0.625. The van der Waals surface area contributed by atoms with E-state index in [9.17, 15) is 4.79 Å². The van der Waals surface area contributed by atoms with Crippen molar-refractivity contribution in [2.45, 2.75) is 46.1 Å². The van der Waals surface area contributed by atoms with Crippen LogP contribution in [-0.4, -0.2) is 35.9 Å². The van der Waals surface area contributed by atoms with Gasteiger partial charge in [0.1, 0.15) is 5.69 Å². The van der Waals surface area contributed by atoms with E-state index in [-0.39, 0.29) is 5.91 Å². The number of carbonyl (C=O) groups excluding carboxylic acids is 1. The van der Waals surface area contributed by atoms with E-state index >= 15 is 0 Å². The number of pyridine rings is 1. The molecule has 1 amide bonds. The third-order valence-corrected chi connectivity index (χ3v) is 3.22. The Balaban J connectivity index is 2.55. The monoisotopic (exact) mass is 277 g/mol. The van der Waals surface area contributed by atoms with Crippen LogP contribution in [0.4, 0.5) is 5.69 Å². The van der Waals surface area contributed by atoms with Crippen LogP contribution >= 0.6 is 0 Å². The topological polar surface area (TPSA) is 45.2 Å². The van der Waals surface area contributed by atoms with Crippen LogP contribution in [0.2, 0.25) is 0 Å². The number of hydrogen-bond donors (Lipinski definition) is 1. The molecule has 1 rings (SSSR count). The molecule has 0 spiro atoms. The van der Waals surface area contributed by atoms with Crippen molar-refractivity contribution in [3.63, 3.8) is 0 Å². The normalized spacial score (nSPS) is 12.3. The minimum Gasteiger partial charge on any atom is -0.382 e. The van der Waals surface area contributed by atoms with Gasteiger partial charge in [-0.05, 0) is 31.4 Å². The Morgan fingerprint density at radius 1 is 1.30 bits per heavy atom. The van der Waals surface area contributed by atoms with Crippen molar-refractivity contribution in [1.82, 2.24) is 9.88 Å². The van der Waals surface area contributed by atoms with E-state index in [1.807, 2.05) is 12.1 Å². The van der Waals surface area contributed by atoms with Gasteiger partial charge < -0.3 is 10.2 Å². The summed E-state index contributed by atoms with van der Waals surface area (Å²) in [5.41, 5.74) is 1.44. The molecule has 0 aliphatic rings. The zero-order valence-corrected chi connectivity index (χ0v) is 13.3. The number of carbonyl (C=O) groups is 1. The Morgan fingerprint density at radius 2 is 2.00 bits per heavy atom. The molecule has 1 unspecified atom stereocenters. The SMILES string of the molecule is CC(C)CCCC(C)Nc1ccnc(C(=O)N(C)C)c1. The standard InChI is InChI=1S/C16H27N3O/c1-12(2)7-6-8-13(3)18-14-9-10-17-15(11-14)16(20)19(4)5/h9-13H,6-8H2,1-5H3,(H,17,18). The summed E-state index contributed by atoms with van der Waals surface area (Å²) in [4.78, 5) is 17.5. The van der Waals surface area contributed by atoms with Crippen molar-refractivity contribution in [3.8, 4) is 0 Å². The molecule has 4 heteroatoms. The molecule has 1 heterocycles. The van der Waals surface area contributed by atoms with Crippen molar-refractivity contribution in [2.75, 3.05) is 19.4 Å². The van der Waals surface area contributed by atoms with Crippen molar-refractivity contribution >= 4 is 11.6 Å². The minimum absolute atomic E-state index is 0.0684. The van der Waals surface area contributed by atoms with Crippen LogP contribution in [-0.2, 0) is 0 Å². The molecule has 0 fully saturated rings. The molecule has 0 aromatic carbocycles. The number of amides is 1. The second-order valence-corrected chi connectivity index (χ2v) is 6.00. The maximum atomic E-state index is 11.9. The highest BCUT2D eigenvalue weighted by Gasteiger charge is 2.10. The van der Waals surface area contributed by atoms with Crippen molar-refractivity contribution in [1.29, 1.82) is 0 Å². The van der Waals surface area contributed by atoms with E-state index in [0.717, 1.165) is 18.0 Å². The fourth-order valence-corrected chi connectivity index (χ4v) is 2.06. The third kappa shape index (κ3) is 5.59. The summed E-state index contributed by atoms with van der Waals surface area (Å²) >= 11 is 0. The predicted octanol–water partition coefficient (Wildman–Crippen LogP) is 3.41. The molecule has 0 saturated heterocycles. The summed E-state index contributed by atoms with van der Waals surface area (Å²) in [6.45, 7) is 6.67. The summed E-state index contributed by atoms with van der Waals surface area (Å²) in [6.07, 6.45) is 5.30. The first-order chi connectivity index (χ1) is 9.40. The molecular formula is C16H27N3O. The lowest BCUT2D eigenvalue weighted by molar-refractivity contribution is 0.0822. The lowest BCUT2D eigenvalue weighted by Crippen LogP contribution is -2.23. The lowest BCUT2D eigenvalue weighted by Gasteiger charge is -2.16. The number of nitrogens with one attached hydrogen (secondary N) is 1. The van der Waals surface area contributed by atoms with Gasteiger partial charge in [-0.1, -0.05) is 26.7 Å². The predicted molar refractivity (Wildman–Crippen MR) is 84.0 cm³/mol. The second-order valence-electron chi connectivity index (χ2n) is 6.00. The number of rotatable bonds is 7. The maximum absolute atomic E-state index is 11.9. The van der Waals surface area contributed by atoms with Crippen molar-refractivity contribution < 1.29 is 4.79 Å². The third-order valence-electron chi connectivity index (χ3n) is 3.22. The van der Waals surface area contributed by atoms with E-state index < -0.39 is 0 Å². The summed E-state index contributed by atoms with van der Waals surface area (Å²) < 4.78 is 0. The molecule has 1 N–H and O–H groups in total. The first kappa shape index (κ1) is 16.5. The Labute approximate surface area is 122 Å². The molecule has 0 saturated carbocycles. The van der Waals surface area contributed by atoms with E-state index in [1.54, 1.807) is 20.3 Å².